The van der Waals surface area contributed by atoms with Crippen molar-refractivity contribution in [3.8, 4) is 11.8 Å². The van der Waals surface area contributed by atoms with Crippen LogP contribution in [0.1, 0.15) is 51.5 Å². The molecular formula is C15H22N2O. The summed E-state index contributed by atoms with van der Waals surface area (Å²) in [7, 11) is 0. The molecule has 0 bridgehead atoms. The monoisotopic (exact) mass is 246 g/mol. The Morgan fingerprint density at radius 3 is 2.78 bits per heavy atom. The van der Waals surface area contributed by atoms with Crippen LogP contribution < -0.4 is 10.5 Å². The van der Waals surface area contributed by atoms with Gasteiger partial charge in [0, 0.05) is 5.69 Å². The van der Waals surface area contributed by atoms with E-state index in [2.05, 4.69) is 13.0 Å². The van der Waals surface area contributed by atoms with Gasteiger partial charge in [-0.3, -0.25) is 0 Å². The van der Waals surface area contributed by atoms with Crippen molar-refractivity contribution in [2.75, 3.05) is 5.73 Å². The Morgan fingerprint density at radius 2 is 2.11 bits per heavy atom. The van der Waals surface area contributed by atoms with E-state index < -0.39 is 0 Å². The zero-order valence-electron chi connectivity index (χ0n) is 11.3. The summed E-state index contributed by atoms with van der Waals surface area (Å²) in [5, 5.41) is 9.02. The Kier molecular flexibility index (Phi) is 6.07. The van der Waals surface area contributed by atoms with E-state index in [9.17, 15) is 0 Å². The zero-order chi connectivity index (χ0) is 13.4. The van der Waals surface area contributed by atoms with Crippen LogP contribution in [-0.4, -0.2) is 6.10 Å². The minimum Gasteiger partial charge on any atom is -0.489 e. The van der Waals surface area contributed by atoms with Crippen LogP contribution in [-0.2, 0) is 0 Å². The van der Waals surface area contributed by atoms with Crippen molar-refractivity contribution in [2.45, 2.75) is 52.1 Å². The Morgan fingerprint density at radius 1 is 1.33 bits per heavy atom. The Hall–Kier alpha value is -1.69. The van der Waals surface area contributed by atoms with Crippen molar-refractivity contribution < 1.29 is 4.74 Å². The number of benzene rings is 1. The number of nitrogens with two attached hydrogens (primary N) is 1. The first kappa shape index (κ1) is 14.4. The third-order valence-electron chi connectivity index (χ3n) is 2.92. The molecule has 1 aromatic carbocycles. The first-order valence-corrected chi connectivity index (χ1v) is 6.63. The minimum absolute atomic E-state index is 0.137. The summed E-state index contributed by atoms with van der Waals surface area (Å²) < 4.78 is 5.79. The van der Waals surface area contributed by atoms with Crippen LogP contribution in [0.25, 0.3) is 0 Å². The summed E-state index contributed by atoms with van der Waals surface area (Å²) in [4.78, 5) is 0. The lowest BCUT2D eigenvalue weighted by Gasteiger charge is -2.15. The lowest BCUT2D eigenvalue weighted by Crippen LogP contribution is -2.12. The number of rotatable bonds is 7. The number of hydrogen-bond acceptors (Lipinski definition) is 3. The van der Waals surface area contributed by atoms with Gasteiger partial charge in [0.25, 0.3) is 0 Å². The highest BCUT2D eigenvalue weighted by molar-refractivity contribution is 5.53. The highest BCUT2D eigenvalue weighted by Crippen LogP contribution is 2.22. The normalized spacial score (nSPS) is 11.8. The molecule has 0 aliphatic heterocycles. The molecule has 0 aromatic heterocycles. The predicted octanol–water partition coefficient (Wildman–Crippen LogP) is 3.88. The lowest BCUT2D eigenvalue weighted by atomic mass is 10.1. The van der Waals surface area contributed by atoms with Crippen LogP contribution in [0.3, 0.4) is 0 Å². The van der Waals surface area contributed by atoms with Crippen LogP contribution in [0.2, 0.25) is 0 Å². The third kappa shape index (κ3) is 4.67. The summed E-state index contributed by atoms with van der Waals surface area (Å²) in [6, 6.07) is 7.30. The lowest BCUT2D eigenvalue weighted by molar-refractivity contribution is 0.206. The molecule has 1 atom stereocenters. The van der Waals surface area contributed by atoms with Crippen molar-refractivity contribution >= 4 is 5.69 Å². The van der Waals surface area contributed by atoms with Gasteiger partial charge in [-0.1, -0.05) is 26.2 Å². The number of unbranched alkanes of at least 4 members (excludes halogenated alkanes) is 3. The van der Waals surface area contributed by atoms with Gasteiger partial charge in [0.1, 0.15) is 11.8 Å². The molecule has 0 spiro atoms. The molecule has 18 heavy (non-hydrogen) atoms. The highest BCUT2D eigenvalue weighted by Gasteiger charge is 2.08. The van der Waals surface area contributed by atoms with Gasteiger partial charge < -0.3 is 10.5 Å². The van der Waals surface area contributed by atoms with Crippen LogP contribution in [0.5, 0.6) is 5.75 Å². The van der Waals surface area contributed by atoms with Crippen LogP contribution >= 0.6 is 0 Å². The largest absolute Gasteiger partial charge is 0.489 e. The molecule has 98 valence electrons. The first-order valence-electron chi connectivity index (χ1n) is 6.63. The van der Waals surface area contributed by atoms with E-state index >= 15 is 0 Å². The van der Waals surface area contributed by atoms with Gasteiger partial charge in [-0.25, -0.2) is 0 Å². The van der Waals surface area contributed by atoms with Gasteiger partial charge in [0.2, 0.25) is 0 Å². The third-order valence-corrected chi connectivity index (χ3v) is 2.92. The molecule has 0 fully saturated rings. The maximum Gasteiger partial charge on any atom is 0.137 e. The number of nitrogen functional groups attached to an aromatic ring is 1. The van der Waals surface area contributed by atoms with Crippen molar-refractivity contribution in [1.82, 2.24) is 0 Å². The van der Waals surface area contributed by atoms with Gasteiger partial charge in [0.05, 0.1) is 11.7 Å². The highest BCUT2D eigenvalue weighted by atomic mass is 16.5. The van der Waals surface area contributed by atoms with Gasteiger partial charge in [-0.15, -0.1) is 0 Å². The molecule has 2 N–H and O–H groups in total. The number of anilines is 1. The molecule has 0 saturated heterocycles. The summed E-state index contributed by atoms with van der Waals surface area (Å²) in [6.07, 6.45) is 6.10. The molecule has 0 aliphatic rings. The Labute approximate surface area is 110 Å². The SMILES string of the molecule is CCCCCCC(C)Oc1ccc(N)cc1C#N. The second kappa shape index (κ2) is 7.60. The maximum absolute atomic E-state index is 9.02. The van der Waals surface area contributed by atoms with E-state index in [0.29, 0.717) is 17.0 Å². The Bertz CT molecular complexity index is 409. The molecule has 0 heterocycles. The smallest absolute Gasteiger partial charge is 0.137 e. The second-order valence-electron chi connectivity index (χ2n) is 4.65. The van der Waals surface area contributed by atoms with E-state index in [0.717, 1.165) is 6.42 Å². The minimum atomic E-state index is 0.137. The molecule has 0 aliphatic carbocycles. The van der Waals surface area contributed by atoms with Gasteiger partial charge >= 0.3 is 0 Å². The average Bonchev–Trinajstić information content (AvgIpc) is 2.37. The van der Waals surface area contributed by atoms with Gasteiger partial charge in [-0.05, 0) is 38.0 Å². The first-order chi connectivity index (χ1) is 8.67. The number of nitrogens with zero attached hydrogens (tertiary/aromatic N) is 1. The van der Waals surface area contributed by atoms with Crippen LogP contribution in [0.15, 0.2) is 18.2 Å². The number of nitriles is 1. The van der Waals surface area contributed by atoms with Crippen LogP contribution in [0.4, 0.5) is 5.69 Å². The van der Waals surface area contributed by atoms with Crippen molar-refractivity contribution in [3.05, 3.63) is 23.8 Å². The fourth-order valence-electron chi connectivity index (χ4n) is 1.87. The zero-order valence-corrected chi connectivity index (χ0v) is 11.3. The number of hydrogen-bond donors (Lipinski definition) is 1. The van der Waals surface area contributed by atoms with Crippen molar-refractivity contribution in [3.63, 3.8) is 0 Å². The van der Waals surface area contributed by atoms with Gasteiger partial charge in [-0.2, -0.15) is 5.26 Å². The second-order valence-corrected chi connectivity index (χ2v) is 4.65. The van der Waals surface area contributed by atoms with E-state index in [1.54, 1.807) is 18.2 Å². The molecule has 0 amide bonds. The fourth-order valence-corrected chi connectivity index (χ4v) is 1.87. The van der Waals surface area contributed by atoms with E-state index in [1.165, 1.54) is 25.7 Å². The molecule has 3 heteroatoms. The topological polar surface area (TPSA) is 59.0 Å². The molecular weight excluding hydrogens is 224 g/mol. The summed E-state index contributed by atoms with van der Waals surface area (Å²) in [5.74, 6) is 0.634. The molecule has 1 rings (SSSR count). The van der Waals surface area contributed by atoms with Crippen LogP contribution in [0, 0.1) is 11.3 Å². The summed E-state index contributed by atoms with van der Waals surface area (Å²) >= 11 is 0. The molecule has 1 unspecified atom stereocenters. The molecule has 3 nitrogen and oxygen atoms in total. The Balaban J connectivity index is 2.49. The average molecular weight is 246 g/mol. The van der Waals surface area contributed by atoms with Crippen molar-refractivity contribution in [1.29, 1.82) is 5.26 Å². The standard InChI is InChI=1S/C15H22N2O/c1-3-4-5-6-7-12(2)18-15-9-8-14(17)10-13(15)11-16/h8-10,12H,3-7,17H2,1-2H3. The molecule has 0 saturated carbocycles. The molecule has 0 radical (unpaired) electrons. The number of ether oxygens (including phenoxy) is 1. The quantitative estimate of drug-likeness (QED) is 0.586. The maximum atomic E-state index is 9.02. The predicted molar refractivity (Wildman–Crippen MR) is 74.4 cm³/mol. The molecule has 1 aromatic rings. The van der Waals surface area contributed by atoms with E-state index in [4.69, 9.17) is 15.7 Å². The van der Waals surface area contributed by atoms with E-state index in [-0.39, 0.29) is 6.10 Å². The fraction of sp³-hybridized carbons (Fsp3) is 0.533. The van der Waals surface area contributed by atoms with Crippen molar-refractivity contribution in [2.24, 2.45) is 0 Å². The summed E-state index contributed by atoms with van der Waals surface area (Å²) in [6.45, 7) is 4.25. The summed E-state index contributed by atoms with van der Waals surface area (Å²) in [5.41, 5.74) is 6.74. The van der Waals surface area contributed by atoms with Gasteiger partial charge in [0.15, 0.2) is 0 Å². The van der Waals surface area contributed by atoms with E-state index in [1.807, 2.05) is 6.92 Å².